The molecule has 1 fully saturated rings. The molecule has 0 radical (unpaired) electrons. The van der Waals surface area contributed by atoms with Gasteiger partial charge in [0.2, 0.25) is 0 Å². The summed E-state index contributed by atoms with van der Waals surface area (Å²) < 4.78 is 0. The fourth-order valence-corrected chi connectivity index (χ4v) is 3.69. The smallest absolute Gasteiger partial charge is 0.0477 e. The summed E-state index contributed by atoms with van der Waals surface area (Å²) in [5, 5.41) is 9.87. The second-order valence-electron chi connectivity index (χ2n) is 6.42. The first-order valence-corrected chi connectivity index (χ1v) is 8.20. The van der Waals surface area contributed by atoms with Gasteiger partial charge in [0.25, 0.3) is 0 Å². The van der Waals surface area contributed by atoms with Gasteiger partial charge in [0.15, 0.2) is 0 Å². The zero-order valence-electron chi connectivity index (χ0n) is 13.3. The molecule has 0 spiro atoms. The molecular formula is C20H25NO. The zero-order valence-corrected chi connectivity index (χ0v) is 13.3. The summed E-state index contributed by atoms with van der Waals surface area (Å²) in [6.07, 6.45) is 1.13. The summed E-state index contributed by atoms with van der Waals surface area (Å²) in [7, 11) is 0. The van der Waals surface area contributed by atoms with Crippen LogP contribution in [0, 0.1) is 12.8 Å². The molecule has 2 atom stereocenters. The highest BCUT2D eigenvalue weighted by atomic mass is 16.3. The van der Waals surface area contributed by atoms with Gasteiger partial charge in [-0.05, 0) is 42.5 Å². The Hall–Kier alpha value is -1.64. The van der Waals surface area contributed by atoms with Gasteiger partial charge in [0.05, 0.1) is 0 Å². The van der Waals surface area contributed by atoms with Crippen LogP contribution in [0.2, 0.25) is 0 Å². The van der Waals surface area contributed by atoms with Gasteiger partial charge in [-0.3, -0.25) is 4.90 Å². The third-order valence-corrected chi connectivity index (χ3v) is 4.89. The Morgan fingerprint density at radius 2 is 1.77 bits per heavy atom. The zero-order chi connectivity index (χ0) is 15.4. The SMILES string of the molecule is Cc1ccccc1[C@H]1CCN(Cc2ccccc2)C[C@@H]1CO. The van der Waals surface area contributed by atoms with Crippen LogP contribution in [0.4, 0.5) is 0 Å². The van der Waals surface area contributed by atoms with Crippen molar-refractivity contribution in [3.63, 3.8) is 0 Å². The first kappa shape index (κ1) is 15.3. The van der Waals surface area contributed by atoms with E-state index in [4.69, 9.17) is 0 Å². The molecule has 3 rings (SSSR count). The van der Waals surface area contributed by atoms with Gasteiger partial charge in [-0.15, -0.1) is 0 Å². The van der Waals surface area contributed by atoms with Crippen molar-refractivity contribution < 1.29 is 5.11 Å². The number of hydrogen-bond acceptors (Lipinski definition) is 2. The number of likely N-dealkylation sites (tertiary alicyclic amines) is 1. The third kappa shape index (κ3) is 3.40. The molecular weight excluding hydrogens is 270 g/mol. The van der Waals surface area contributed by atoms with E-state index in [9.17, 15) is 5.11 Å². The average Bonchev–Trinajstić information content (AvgIpc) is 2.56. The minimum absolute atomic E-state index is 0.268. The molecule has 0 aliphatic carbocycles. The lowest BCUT2D eigenvalue weighted by atomic mass is 9.79. The van der Waals surface area contributed by atoms with Crippen LogP contribution in [0.5, 0.6) is 0 Å². The van der Waals surface area contributed by atoms with Crippen molar-refractivity contribution in [1.82, 2.24) is 4.90 Å². The Balaban J connectivity index is 1.70. The maximum absolute atomic E-state index is 9.87. The maximum Gasteiger partial charge on any atom is 0.0477 e. The molecule has 0 aromatic heterocycles. The Morgan fingerprint density at radius 3 is 2.50 bits per heavy atom. The van der Waals surface area contributed by atoms with Crippen molar-refractivity contribution in [2.75, 3.05) is 19.7 Å². The quantitative estimate of drug-likeness (QED) is 0.931. The predicted molar refractivity (Wildman–Crippen MR) is 90.8 cm³/mol. The van der Waals surface area contributed by atoms with E-state index < -0.39 is 0 Å². The summed E-state index contributed by atoms with van der Waals surface area (Å²) in [6, 6.07) is 19.2. The standard InChI is InChI=1S/C20H25NO/c1-16-7-5-6-10-19(16)20-11-12-21(14-18(20)15-22)13-17-8-3-2-4-9-17/h2-10,18,20,22H,11-15H2,1H3/t18-,20+/m1/s1. The van der Waals surface area contributed by atoms with E-state index in [1.807, 2.05) is 0 Å². The molecule has 2 aromatic carbocycles. The highest BCUT2D eigenvalue weighted by Crippen LogP contribution is 2.34. The molecule has 0 amide bonds. The minimum atomic E-state index is 0.268. The Bertz CT molecular complexity index is 596. The van der Waals surface area contributed by atoms with E-state index in [1.165, 1.54) is 16.7 Å². The molecule has 0 unspecified atom stereocenters. The highest BCUT2D eigenvalue weighted by Gasteiger charge is 2.30. The molecule has 1 heterocycles. The Kier molecular flexibility index (Phi) is 4.91. The molecule has 1 N–H and O–H groups in total. The van der Waals surface area contributed by atoms with Crippen molar-refractivity contribution in [1.29, 1.82) is 0 Å². The van der Waals surface area contributed by atoms with E-state index >= 15 is 0 Å². The fraction of sp³-hybridized carbons (Fsp3) is 0.400. The third-order valence-electron chi connectivity index (χ3n) is 4.89. The number of hydrogen-bond donors (Lipinski definition) is 1. The Morgan fingerprint density at radius 1 is 1.05 bits per heavy atom. The second kappa shape index (κ2) is 7.08. The molecule has 1 aliphatic rings. The van der Waals surface area contributed by atoms with Crippen molar-refractivity contribution in [3.8, 4) is 0 Å². The van der Waals surface area contributed by atoms with E-state index in [1.54, 1.807) is 0 Å². The second-order valence-corrected chi connectivity index (χ2v) is 6.42. The molecule has 2 heteroatoms. The summed E-state index contributed by atoms with van der Waals surface area (Å²) in [5.41, 5.74) is 4.12. The van der Waals surface area contributed by atoms with Crippen LogP contribution < -0.4 is 0 Å². The molecule has 0 bridgehead atoms. The van der Waals surface area contributed by atoms with Gasteiger partial charge in [-0.2, -0.15) is 0 Å². The normalized spacial score (nSPS) is 22.6. The molecule has 2 aromatic rings. The molecule has 116 valence electrons. The topological polar surface area (TPSA) is 23.5 Å². The van der Waals surface area contributed by atoms with E-state index in [0.717, 1.165) is 26.1 Å². The maximum atomic E-state index is 9.87. The van der Waals surface area contributed by atoms with Crippen molar-refractivity contribution >= 4 is 0 Å². The van der Waals surface area contributed by atoms with Crippen LogP contribution in [0.3, 0.4) is 0 Å². The van der Waals surface area contributed by atoms with Gasteiger partial charge < -0.3 is 5.11 Å². The number of aryl methyl sites for hydroxylation is 1. The first-order chi connectivity index (χ1) is 10.8. The monoisotopic (exact) mass is 295 g/mol. The average molecular weight is 295 g/mol. The van der Waals surface area contributed by atoms with E-state index in [2.05, 4.69) is 66.4 Å². The number of aliphatic hydroxyl groups is 1. The molecule has 22 heavy (non-hydrogen) atoms. The lowest BCUT2D eigenvalue weighted by molar-refractivity contribution is 0.0970. The van der Waals surface area contributed by atoms with Crippen LogP contribution in [-0.4, -0.2) is 29.7 Å². The summed E-state index contributed by atoms with van der Waals surface area (Å²) >= 11 is 0. The van der Waals surface area contributed by atoms with Gasteiger partial charge in [-0.25, -0.2) is 0 Å². The number of benzene rings is 2. The van der Waals surface area contributed by atoms with Crippen LogP contribution in [-0.2, 0) is 6.54 Å². The first-order valence-electron chi connectivity index (χ1n) is 8.20. The minimum Gasteiger partial charge on any atom is -0.396 e. The summed E-state index contributed by atoms with van der Waals surface area (Å²) in [4.78, 5) is 2.48. The van der Waals surface area contributed by atoms with Crippen LogP contribution in [0.15, 0.2) is 54.6 Å². The van der Waals surface area contributed by atoms with Crippen molar-refractivity contribution in [3.05, 3.63) is 71.3 Å². The van der Waals surface area contributed by atoms with Crippen molar-refractivity contribution in [2.24, 2.45) is 5.92 Å². The number of nitrogens with zero attached hydrogens (tertiary/aromatic N) is 1. The van der Waals surface area contributed by atoms with Gasteiger partial charge in [-0.1, -0.05) is 54.6 Å². The molecule has 0 saturated carbocycles. The predicted octanol–water partition coefficient (Wildman–Crippen LogP) is 3.59. The summed E-state index contributed by atoms with van der Waals surface area (Å²) in [5.74, 6) is 0.816. The van der Waals surface area contributed by atoms with Crippen LogP contribution in [0.25, 0.3) is 0 Å². The Labute approximate surface area is 133 Å². The molecule has 1 saturated heterocycles. The van der Waals surface area contributed by atoms with E-state index in [-0.39, 0.29) is 6.61 Å². The molecule has 1 aliphatic heterocycles. The number of piperidine rings is 1. The fourth-order valence-electron chi connectivity index (χ4n) is 3.69. The van der Waals surface area contributed by atoms with Gasteiger partial charge >= 0.3 is 0 Å². The van der Waals surface area contributed by atoms with Crippen LogP contribution in [0.1, 0.15) is 29.0 Å². The largest absolute Gasteiger partial charge is 0.396 e. The van der Waals surface area contributed by atoms with E-state index in [0.29, 0.717) is 11.8 Å². The summed E-state index contributed by atoms with van der Waals surface area (Å²) in [6.45, 7) is 5.51. The lowest BCUT2D eigenvalue weighted by Gasteiger charge is -2.38. The van der Waals surface area contributed by atoms with Gasteiger partial charge in [0, 0.05) is 25.6 Å². The lowest BCUT2D eigenvalue weighted by Crippen LogP contribution is -2.40. The number of aliphatic hydroxyl groups excluding tert-OH is 1. The van der Waals surface area contributed by atoms with Crippen molar-refractivity contribution in [2.45, 2.75) is 25.8 Å². The van der Waals surface area contributed by atoms with Crippen LogP contribution >= 0.6 is 0 Å². The molecule has 2 nitrogen and oxygen atoms in total. The van der Waals surface area contributed by atoms with Gasteiger partial charge in [0.1, 0.15) is 0 Å². The highest BCUT2D eigenvalue weighted by molar-refractivity contribution is 5.30. The number of rotatable bonds is 4.